The van der Waals surface area contributed by atoms with Crippen molar-refractivity contribution in [2.75, 3.05) is 21.1 Å². The molecule has 10 heavy (non-hydrogen) atoms. The molecule has 0 saturated heterocycles. The van der Waals surface area contributed by atoms with Crippen molar-refractivity contribution in [1.29, 1.82) is 0 Å². The molecule has 0 fully saturated rings. The highest BCUT2D eigenvalue weighted by Gasteiger charge is 1.82. The van der Waals surface area contributed by atoms with Crippen molar-refractivity contribution in [3.05, 3.63) is 12.3 Å². The number of carbonyl (C=O) groups is 1. The highest BCUT2D eigenvalue weighted by molar-refractivity contribution is 5.79. The van der Waals surface area contributed by atoms with Crippen LogP contribution in [0.5, 0.6) is 0 Å². The second-order valence-corrected chi connectivity index (χ2v) is 1.62. The van der Waals surface area contributed by atoms with E-state index in [9.17, 15) is 4.79 Å². The first-order valence-electron chi connectivity index (χ1n) is 2.78. The molecule has 0 aromatic rings. The molecule has 0 rings (SSSR count). The number of carboxylic acids is 1. The summed E-state index contributed by atoms with van der Waals surface area (Å²) >= 11 is 0. The maximum absolute atomic E-state index is 9.79. The second-order valence-electron chi connectivity index (χ2n) is 1.62. The van der Waals surface area contributed by atoms with Gasteiger partial charge in [0.1, 0.15) is 0 Å². The third kappa shape index (κ3) is 15.8. The molecular weight excluding hydrogens is 132 g/mol. The third-order valence-electron chi connectivity index (χ3n) is 0.515. The zero-order chi connectivity index (χ0) is 8.57. The number of hydrogen-bond donors (Lipinski definition) is 2. The molecular formula is C6H14N2O2. The van der Waals surface area contributed by atoms with Gasteiger partial charge in [0.25, 0.3) is 0 Å². The summed E-state index contributed by atoms with van der Waals surface area (Å²) in [6.07, 6.45) is 2.56. The van der Waals surface area contributed by atoms with Crippen LogP contribution in [-0.4, -0.2) is 37.1 Å². The van der Waals surface area contributed by atoms with Crippen molar-refractivity contribution in [2.24, 2.45) is 5.73 Å². The first kappa shape index (κ1) is 11.7. The van der Waals surface area contributed by atoms with E-state index in [0.717, 1.165) is 6.08 Å². The fourth-order valence-electron chi connectivity index (χ4n) is 0.213. The van der Waals surface area contributed by atoms with Gasteiger partial charge in [0.2, 0.25) is 0 Å². The molecule has 0 amide bonds. The Balaban J connectivity index is 0. The molecule has 0 aromatic carbocycles. The lowest BCUT2D eigenvalue weighted by Gasteiger charge is -2.00. The Kier molecular flexibility index (Phi) is 9.35. The van der Waals surface area contributed by atoms with E-state index in [2.05, 4.69) is 5.73 Å². The Bertz CT molecular complexity index is 110. The number of rotatable bonds is 2. The number of aliphatic carboxylic acids is 1. The SMILES string of the molecule is CN.CN(C)C=CC(=O)O. The van der Waals surface area contributed by atoms with Gasteiger partial charge >= 0.3 is 5.97 Å². The van der Waals surface area contributed by atoms with Gasteiger partial charge in [-0.2, -0.15) is 0 Å². The summed E-state index contributed by atoms with van der Waals surface area (Å²) in [6.45, 7) is 0. The Morgan fingerprint density at radius 3 is 2.00 bits per heavy atom. The molecule has 0 unspecified atom stereocenters. The van der Waals surface area contributed by atoms with Gasteiger partial charge < -0.3 is 15.7 Å². The van der Waals surface area contributed by atoms with Crippen LogP contribution in [0.25, 0.3) is 0 Å². The highest BCUT2D eigenvalue weighted by Crippen LogP contribution is 1.75. The van der Waals surface area contributed by atoms with E-state index < -0.39 is 5.97 Å². The number of carboxylic acid groups (broad SMARTS) is 1. The molecule has 0 aromatic heterocycles. The lowest BCUT2D eigenvalue weighted by molar-refractivity contribution is -0.131. The largest absolute Gasteiger partial charge is 0.478 e. The molecule has 4 heteroatoms. The summed E-state index contributed by atoms with van der Waals surface area (Å²) < 4.78 is 0. The normalized spacial score (nSPS) is 8.40. The van der Waals surface area contributed by atoms with E-state index in [1.807, 2.05) is 0 Å². The molecule has 3 N–H and O–H groups in total. The van der Waals surface area contributed by atoms with E-state index in [1.165, 1.54) is 13.2 Å². The summed E-state index contributed by atoms with van der Waals surface area (Å²) in [5.74, 6) is -0.918. The van der Waals surface area contributed by atoms with Crippen molar-refractivity contribution in [2.45, 2.75) is 0 Å². The van der Waals surface area contributed by atoms with Crippen LogP contribution in [0.1, 0.15) is 0 Å². The van der Waals surface area contributed by atoms with Gasteiger partial charge in [-0.15, -0.1) is 0 Å². The van der Waals surface area contributed by atoms with E-state index in [0.29, 0.717) is 0 Å². The van der Waals surface area contributed by atoms with Gasteiger partial charge in [-0.3, -0.25) is 0 Å². The fraction of sp³-hybridized carbons (Fsp3) is 0.500. The lowest BCUT2D eigenvalue weighted by Crippen LogP contribution is -2.01. The van der Waals surface area contributed by atoms with Crippen LogP contribution in [0.2, 0.25) is 0 Å². The predicted octanol–water partition coefficient (Wildman–Crippen LogP) is -0.279. The molecule has 4 nitrogen and oxygen atoms in total. The molecule has 0 aliphatic carbocycles. The van der Waals surface area contributed by atoms with Gasteiger partial charge in [0.05, 0.1) is 0 Å². The van der Waals surface area contributed by atoms with Crippen molar-refractivity contribution in [3.8, 4) is 0 Å². The van der Waals surface area contributed by atoms with Crippen LogP contribution in [0.3, 0.4) is 0 Å². The van der Waals surface area contributed by atoms with Crippen LogP contribution in [0.4, 0.5) is 0 Å². The Morgan fingerprint density at radius 1 is 1.50 bits per heavy atom. The zero-order valence-electron chi connectivity index (χ0n) is 6.53. The van der Waals surface area contributed by atoms with Crippen molar-refractivity contribution in [1.82, 2.24) is 4.90 Å². The van der Waals surface area contributed by atoms with E-state index in [4.69, 9.17) is 5.11 Å². The van der Waals surface area contributed by atoms with Crippen LogP contribution < -0.4 is 5.73 Å². The second kappa shape index (κ2) is 7.97. The van der Waals surface area contributed by atoms with Crippen molar-refractivity contribution >= 4 is 5.97 Å². The minimum absolute atomic E-state index is 0.918. The minimum atomic E-state index is -0.918. The highest BCUT2D eigenvalue weighted by atomic mass is 16.4. The smallest absolute Gasteiger partial charge is 0.329 e. The predicted molar refractivity (Wildman–Crippen MR) is 40.6 cm³/mol. The van der Waals surface area contributed by atoms with E-state index in [-0.39, 0.29) is 0 Å². The standard InChI is InChI=1S/C5H9NO2.CH5N/c1-6(2)4-3-5(7)8;1-2/h3-4H,1-2H3,(H,7,8);2H2,1H3. The molecule has 0 spiro atoms. The number of hydrogen-bond acceptors (Lipinski definition) is 3. The van der Waals surface area contributed by atoms with Crippen LogP contribution in [0, 0.1) is 0 Å². The van der Waals surface area contributed by atoms with Gasteiger partial charge in [-0.25, -0.2) is 4.79 Å². The van der Waals surface area contributed by atoms with Crippen molar-refractivity contribution in [3.63, 3.8) is 0 Å². The summed E-state index contributed by atoms with van der Waals surface area (Å²) in [7, 11) is 5.03. The molecule has 0 aliphatic rings. The average molecular weight is 146 g/mol. The first-order valence-corrected chi connectivity index (χ1v) is 2.78. The third-order valence-corrected chi connectivity index (χ3v) is 0.515. The first-order chi connectivity index (χ1) is 4.63. The maximum Gasteiger partial charge on any atom is 0.329 e. The molecule has 0 saturated carbocycles. The fourth-order valence-corrected chi connectivity index (χ4v) is 0.213. The summed E-state index contributed by atoms with van der Waals surface area (Å²) in [5.41, 5.74) is 4.50. The summed E-state index contributed by atoms with van der Waals surface area (Å²) in [4.78, 5) is 11.5. The van der Waals surface area contributed by atoms with Gasteiger partial charge in [0, 0.05) is 26.4 Å². The number of nitrogens with two attached hydrogens (primary N) is 1. The summed E-state index contributed by atoms with van der Waals surface area (Å²) in [6, 6.07) is 0. The van der Waals surface area contributed by atoms with Crippen LogP contribution in [-0.2, 0) is 4.79 Å². The van der Waals surface area contributed by atoms with Crippen LogP contribution in [0.15, 0.2) is 12.3 Å². The monoisotopic (exact) mass is 146 g/mol. The Labute approximate surface area is 60.9 Å². The molecule has 0 atom stereocenters. The topological polar surface area (TPSA) is 66.6 Å². The molecule has 0 heterocycles. The maximum atomic E-state index is 9.79. The quantitative estimate of drug-likeness (QED) is 0.526. The van der Waals surface area contributed by atoms with Crippen LogP contribution >= 0.6 is 0 Å². The molecule has 0 bridgehead atoms. The molecule has 60 valence electrons. The lowest BCUT2D eigenvalue weighted by atomic mass is 10.6. The van der Waals surface area contributed by atoms with Crippen molar-refractivity contribution < 1.29 is 9.90 Å². The minimum Gasteiger partial charge on any atom is -0.478 e. The number of nitrogens with zero attached hydrogens (tertiary/aromatic N) is 1. The van der Waals surface area contributed by atoms with E-state index in [1.54, 1.807) is 19.0 Å². The molecule has 0 radical (unpaired) electrons. The van der Waals surface area contributed by atoms with E-state index >= 15 is 0 Å². The Hall–Kier alpha value is -1.03. The van der Waals surface area contributed by atoms with Gasteiger partial charge in [-0.05, 0) is 7.05 Å². The Morgan fingerprint density at radius 2 is 1.90 bits per heavy atom. The average Bonchev–Trinajstić information content (AvgIpc) is 1.89. The van der Waals surface area contributed by atoms with Gasteiger partial charge in [-0.1, -0.05) is 0 Å². The summed E-state index contributed by atoms with van der Waals surface area (Å²) in [5, 5.41) is 8.05. The van der Waals surface area contributed by atoms with Gasteiger partial charge in [0.15, 0.2) is 0 Å². The zero-order valence-corrected chi connectivity index (χ0v) is 6.53. The molecule has 0 aliphatic heterocycles.